The van der Waals surface area contributed by atoms with E-state index < -0.39 is 0 Å². The highest BCUT2D eigenvalue weighted by Gasteiger charge is 2.12. The summed E-state index contributed by atoms with van der Waals surface area (Å²) in [5, 5.41) is 9.71. The van der Waals surface area contributed by atoms with Gasteiger partial charge in [0, 0.05) is 15.6 Å². The number of hydrogen-bond donors (Lipinski definition) is 1. The summed E-state index contributed by atoms with van der Waals surface area (Å²) in [6, 6.07) is 13.0. The van der Waals surface area contributed by atoms with Crippen LogP contribution >= 0.6 is 27.5 Å². The van der Waals surface area contributed by atoms with Gasteiger partial charge in [0.15, 0.2) is 0 Å². The Labute approximate surface area is 113 Å². The Balaban J connectivity index is 2.74. The van der Waals surface area contributed by atoms with Crippen LogP contribution in [0.2, 0.25) is 5.02 Å². The molecule has 0 unspecified atom stereocenters. The van der Waals surface area contributed by atoms with Gasteiger partial charge >= 0.3 is 0 Å². The summed E-state index contributed by atoms with van der Waals surface area (Å²) in [6.45, 7) is 0. The number of halogens is 2. The lowest BCUT2D eigenvalue weighted by molar-refractivity contribution is 1.47. The lowest BCUT2D eigenvalue weighted by Gasteiger charge is -2.09. The number of nitrogens with zero attached hydrogens (tertiary/aromatic N) is 1. The second-order valence-corrected chi connectivity index (χ2v) is 4.72. The fourth-order valence-corrected chi connectivity index (χ4v) is 2.23. The molecule has 0 saturated carbocycles. The average molecular weight is 308 g/mol. The molecule has 0 atom stereocenters. The Morgan fingerprint density at radius 3 is 2.47 bits per heavy atom. The van der Waals surface area contributed by atoms with Crippen molar-refractivity contribution in [1.29, 1.82) is 5.26 Å². The Morgan fingerprint density at radius 1 is 1.12 bits per heavy atom. The number of rotatable bonds is 1. The largest absolute Gasteiger partial charge is 0.398 e. The molecule has 4 heteroatoms. The molecule has 2 aromatic carbocycles. The van der Waals surface area contributed by atoms with E-state index >= 15 is 0 Å². The van der Waals surface area contributed by atoms with Gasteiger partial charge in [-0.05, 0) is 28.1 Å². The molecule has 2 N–H and O–H groups in total. The van der Waals surface area contributed by atoms with E-state index in [1.165, 1.54) is 0 Å². The summed E-state index contributed by atoms with van der Waals surface area (Å²) >= 11 is 9.57. The zero-order valence-electron chi connectivity index (χ0n) is 8.74. The smallest absolute Gasteiger partial charge is 0.102 e. The summed E-state index contributed by atoms with van der Waals surface area (Å²) in [5.74, 6) is 0. The molecule has 0 aliphatic heterocycles. The number of benzene rings is 2. The van der Waals surface area contributed by atoms with Crippen LogP contribution in [0, 0.1) is 11.3 Å². The lowest BCUT2D eigenvalue weighted by atomic mass is 9.99. The molecule has 2 nitrogen and oxygen atoms in total. The van der Waals surface area contributed by atoms with Crippen LogP contribution in [0.5, 0.6) is 0 Å². The molecule has 2 rings (SSSR count). The summed E-state index contributed by atoms with van der Waals surface area (Å²) in [6.07, 6.45) is 0. The molecule has 0 amide bonds. The molecule has 17 heavy (non-hydrogen) atoms. The predicted molar refractivity (Wildman–Crippen MR) is 73.7 cm³/mol. The molecule has 2 aromatic rings. The minimum atomic E-state index is 0.451. The van der Waals surface area contributed by atoms with E-state index in [2.05, 4.69) is 22.0 Å². The number of hydrogen-bond acceptors (Lipinski definition) is 2. The van der Waals surface area contributed by atoms with E-state index in [0.717, 1.165) is 15.6 Å². The first kappa shape index (κ1) is 12.0. The highest BCUT2D eigenvalue weighted by atomic mass is 79.9. The zero-order valence-corrected chi connectivity index (χ0v) is 11.1. The van der Waals surface area contributed by atoms with Crippen molar-refractivity contribution in [3.63, 3.8) is 0 Å². The first-order chi connectivity index (χ1) is 8.15. The number of anilines is 1. The number of nitriles is 1. The molecular weight excluding hydrogens is 300 g/mol. The van der Waals surface area contributed by atoms with Crippen molar-refractivity contribution >= 4 is 33.2 Å². The Morgan fingerprint density at radius 2 is 1.76 bits per heavy atom. The van der Waals surface area contributed by atoms with Gasteiger partial charge in [-0.3, -0.25) is 0 Å². The molecule has 0 heterocycles. The van der Waals surface area contributed by atoms with Crippen LogP contribution in [0.15, 0.2) is 40.9 Å². The molecule has 0 aliphatic rings. The molecule has 0 radical (unpaired) electrons. The second kappa shape index (κ2) is 4.79. The van der Waals surface area contributed by atoms with Crippen LogP contribution in [0.3, 0.4) is 0 Å². The van der Waals surface area contributed by atoms with E-state index in [-0.39, 0.29) is 0 Å². The minimum absolute atomic E-state index is 0.451. The molecule has 0 aromatic heterocycles. The number of nitrogen functional groups attached to an aromatic ring is 1. The van der Waals surface area contributed by atoms with Gasteiger partial charge in [-0.1, -0.05) is 35.9 Å². The molecule has 0 bridgehead atoms. The highest BCUT2D eigenvalue weighted by Crippen LogP contribution is 2.36. The first-order valence-corrected chi connectivity index (χ1v) is 6.05. The van der Waals surface area contributed by atoms with Crippen molar-refractivity contribution in [2.24, 2.45) is 0 Å². The van der Waals surface area contributed by atoms with E-state index in [1.807, 2.05) is 30.3 Å². The average Bonchev–Trinajstić information content (AvgIpc) is 2.32. The van der Waals surface area contributed by atoms with Crippen LogP contribution in [0.25, 0.3) is 11.1 Å². The van der Waals surface area contributed by atoms with Gasteiger partial charge in [-0.25, -0.2) is 0 Å². The molecule has 0 spiro atoms. The number of nitrogens with two attached hydrogens (primary N) is 1. The quantitative estimate of drug-likeness (QED) is 0.802. The maximum Gasteiger partial charge on any atom is 0.102 e. The monoisotopic (exact) mass is 306 g/mol. The first-order valence-electron chi connectivity index (χ1n) is 4.88. The third-order valence-electron chi connectivity index (χ3n) is 2.45. The van der Waals surface area contributed by atoms with Gasteiger partial charge in [0.25, 0.3) is 0 Å². The van der Waals surface area contributed by atoms with Crippen molar-refractivity contribution in [3.8, 4) is 17.2 Å². The van der Waals surface area contributed by atoms with Gasteiger partial charge < -0.3 is 5.73 Å². The molecule has 0 saturated heterocycles. The van der Waals surface area contributed by atoms with Crippen molar-refractivity contribution in [2.45, 2.75) is 0 Å². The van der Waals surface area contributed by atoms with Gasteiger partial charge in [0.1, 0.15) is 6.07 Å². The summed E-state index contributed by atoms with van der Waals surface area (Å²) < 4.78 is 0.794. The van der Waals surface area contributed by atoms with E-state index in [9.17, 15) is 0 Å². The van der Waals surface area contributed by atoms with Gasteiger partial charge in [-0.2, -0.15) is 5.26 Å². The SMILES string of the molecule is N#Cc1c(N)cccc1-c1cccc(Br)c1Cl. The lowest BCUT2D eigenvalue weighted by Crippen LogP contribution is -1.93. The second-order valence-electron chi connectivity index (χ2n) is 3.48. The van der Waals surface area contributed by atoms with Crippen LogP contribution in [0.1, 0.15) is 5.56 Å². The van der Waals surface area contributed by atoms with Crippen molar-refractivity contribution in [2.75, 3.05) is 5.73 Å². The van der Waals surface area contributed by atoms with E-state index in [0.29, 0.717) is 16.3 Å². The maximum absolute atomic E-state index is 9.14. The Kier molecular flexibility index (Phi) is 3.37. The third-order valence-corrected chi connectivity index (χ3v) is 3.75. The third kappa shape index (κ3) is 2.14. The van der Waals surface area contributed by atoms with Crippen LogP contribution in [0.4, 0.5) is 5.69 Å². The van der Waals surface area contributed by atoms with Gasteiger partial charge in [0.2, 0.25) is 0 Å². The van der Waals surface area contributed by atoms with Crippen LogP contribution in [-0.2, 0) is 0 Å². The van der Waals surface area contributed by atoms with E-state index in [4.69, 9.17) is 22.6 Å². The molecule has 0 aliphatic carbocycles. The summed E-state index contributed by atoms with van der Waals surface area (Å²) in [7, 11) is 0. The normalized spacial score (nSPS) is 9.94. The van der Waals surface area contributed by atoms with Gasteiger partial charge in [0.05, 0.1) is 16.3 Å². The zero-order chi connectivity index (χ0) is 12.4. The highest BCUT2D eigenvalue weighted by molar-refractivity contribution is 9.10. The molecular formula is C13H8BrClN2. The molecule has 84 valence electrons. The maximum atomic E-state index is 9.14. The van der Waals surface area contributed by atoms with Gasteiger partial charge in [-0.15, -0.1) is 0 Å². The van der Waals surface area contributed by atoms with E-state index in [1.54, 1.807) is 6.07 Å². The standard InChI is InChI=1S/C13H8BrClN2/c14-11-5-1-4-9(13(11)15)8-3-2-6-12(17)10(8)7-16/h1-6H,17H2. The fraction of sp³-hybridized carbons (Fsp3) is 0. The molecule has 0 fully saturated rings. The van der Waals surface area contributed by atoms with Crippen LogP contribution in [-0.4, -0.2) is 0 Å². The summed E-state index contributed by atoms with van der Waals surface area (Å²) in [4.78, 5) is 0. The van der Waals surface area contributed by atoms with Crippen molar-refractivity contribution in [3.05, 3.63) is 51.5 Å². The minimum Gasteiger partial charge on any atom is -0.398 e. The Bertz CT molecular complexity index is 617. The van der Waals surface area contributed by atoms with Crippen molar-refractivity contribution < 1.29 is 0 Å². The fourth-order valence-electron chi connectivity index (χ4n) is 1.63. The van der Waals surface area contributed by atoms with Crippen LogP contribution < -0.4 is 5.73 Å². The van der Waals surface area contributed by atoms with Crippen molar-refractivity contribution in [1.82, 2.24) is 0 Å². The summed E-state index contributed by atoms with van der Waals surface area (Å²) in [5.41, 5.74) is 8.24. The predicted octanol–water partition coefficient (Wildman–Crippen LogP) is 4.22. The topological polar surface area (TPSA) is 49.8 Å². The Hall–Kier alpha value is -1.50.